The lowest BCUT2D eigenvalue weighted by molar-refractivity contribution is -0.205. The van der Waals surface area contributed by atoms with E-state index in [2.05, 4.69) is 8.60 Å². The number of carbonyl (C=O) groups is 1. The predicted octanol–water partition coefficient (Wildman–Crippen LogP) is 2.88. The van der Waals surface area contributed by atoms with E-state index >= 15 is 0 Å². The maximum Gasteiger partial charge on any atom is 0.523 e. The van der Waals surface area contributed by atoms with Gasteiger partial charge in [-0.15, -0.1) is 0 Å². The highest BCUT2D eigenvalue weighted by molar-refractivity contribution is 7.87. The van der Waals surface area contributed by atoms with Crippen LogP contribution in [0.25, 0.3) is 0 Å². The normalized spacial score (nSPS) is 17.4. The van der Waals surface area contributed by atoms with Crippen LogP contribution in [0.4, 0.5) is 31.1 Å². The fourth-order valence-corrected chi connectivity index (χ4v) is 3.17. The fourth-order valence-electron chi connectivity index (χ4n) is 2.60. The molecular formula is C15H15F6NO8S. The maximum atomic E-state index is 13.0. The van der Waals surface area contributed by atoms with Gasteiger partial charge in [0.05, 0.1) is 6.61 Å². The molecule has 0 spiro atoms. The van der Waals surface area contributed by atoms with Crippen molar-refractivity contribution in [2.24, 2.45) is 5.92 Å². The zero-order valence-corrected chi connectivity index (χ0v) is 16.1. The quantitative estimate of drug-likeness (QED) is 0.372. The second kappa shape index (κ2) is 8.94. The van der Waals surface area contributed by atoms with Crippen LogP contribution in [0.15, 0.2) is 21.5 Å². The Morgan fingerprint density at radius 3 is 2.26 bits per heavy atom. The number of amides is 1. The van der Waals surface area contributed by atoms with E-state index in [1.54, 1.807) is 0 Å². The molecule has 9 nitrogen and oxygen atoms in total. The molecular weight excluding hydrogens is 468 g/mol. The van der Waals surface area contributed by atoms with E-state index in [0.29, 0.717) is 19.1 Å². The fraction of sp³-hybridized carbons (Fsp3) is 0.600. The molecule has 1 aromatic heterocycles. The van der Waals surface area contributed by atoms with Crippen molar-refractivity contribution in [1.29, 1.82) is 0 Å². The van der Waals surface area contributed by atoms with Gasteiger partial charge in [-0.05, 0) is 18.8 Å². The molecule has 0 radical (unpaired) electrons. The molecule has 1 aromatic rings. The lowest BCUT2D eigenvalue weighted by atomic mass is 9.98. The van der Waals surface area contributed by atoms with E-state index in [1.807, 2.05) is 0 Å². The molecule has 1 atom stereocenters. The standard InChI is InChI=1S/C15H15F6NO8S/c16-14(17,18)12(30-31(26,27)15(19,20)21)10-5-9(23)11(7-29-10)28-6-8-1-3-22(4-2-8)13(24)25/h5,7-8,12H,1-4,6H2,(H,24,25). The van der Waals surface area contributed by atoms with Gasteiger partial charge in [0.25, 0.3) is 0 Å². The Kier molecular flexibility index (Phi) is 7.14. The van der Waals surface area contributed by atoms with Crippen LogP contribution >= 0.6 is 0 Å². The third-order valence-corrected chi connectivity index (χ3v) is 5.25. The smallest absolute Gasteiger partial charge is 0.486 e. The van der Waals surface area contributed by atoms with Gasteiger partial charge in [0.15, 0.2) is 0 Å². The van der Waals surface area contributed by atoms with Crippen molar-refractivity contribution in [2.75, 3.05) is 19.7 Å². The molecule has 0 aliphatic carbocycles. The van der Waals surface area contributed by atoms with Crippen LogP contribution in [0.2, 0.25) is 0 Å². The summed E-state index contributed by atoms with van der Waals surface area (Å²) in [6, 6.07) is 0.117. The van der Waals surface area contributed by atoms with Gasteiger partial charge in [-0.1, -0.05) is 0 Å². The maximum absolute atomic E-state index is 13.0. The Bertz CT molecular complexity index is 949. The highest BCUT2D eigenvalue weighted by Gasteiger charge is 2.55. The van der Waals surface area contributed by atoms with Gasteiger partial charge in [0.2, 0.25) is 17.3 Å². The molecule has 0 bridgehead atoms. The summed E-state index contributed by atoms with van der Waals surface area (Å²) in [5.41, 5.74) is -7.35. The second-order valence-corrected chi connectivity index (χ2v) is 8.02. The molecule has 176 valence electrons. The van der Waals surface area contributed by atoms with Crippen molar-refractivity contribution in [3.63, 3.8) is 0 Å². The van der Waals surface area contributed by atoms with Crippen LogP contribution in [0.5, 0.6) is 5.75 Å². The van der Waals surface area contributed by atoms with Gasteiger partial charge in [-0.25, -0.2) is 8.98 Å². The summed E-state index contributed by atoms with van der Waals surface area (Å²) in [5.74, 6) is -2.26. The first kappa shape index (κ1) is 24.8. The molecule has 16 heteroatoms. The number of hydrogen-bond acceptors (Lipinski definition) is 7. The molecule has 1 N–H and O–H groups in total. The number of carboxylic acid groups (broad SMARTS) is 1. The lowest BCUT2D eigenvalue weighted by Crippen LogP contribution is -2.38. The molecule has 2 rings (SSSR count). The summed E-state index contributed by atoms with van der Waals surface area (Å²) in [5, 5.41) is 8.86. The van der Waals surface area contributed by atoms with Crippen molar-refractivity contribution in [3.05, 3.63) is 28.3 Å². The van der Waals surface area contributed by atoms with Gasteiger partial charge < -0.3 is 19.2 Å². The second-order valence-electron chi connectivity index (χ2n) is 6.45. The molecule has 1 aliphatic heterocycles. The van der Waals surface area contributed by atoms with Gasteiger partial charge in [0, 0.05) is 19.2 Å². The largest absolute Gasteiger partial charge is 0.523 e. The number of nitrogens with zero attached hydrogens (tertiary/aromatic N) is 1. The third kappa shape index (κ3) is 6.25. The monoisotopic (exact) mass is 483 g/mol. The summed E-state index contributed by atoms with van der Waals surface area (Å²) in [7, 11) is -6.65. The van der Waals surface area contributed by atoms with Crippen LogP contribution < -0.4 is 10.2 Å². The molecule has 1 unspecified atom stereocenters. The van der Waals surface area contributed by atoms with Crippen molar-refractivity contribution in [3.8, 4) is 5.75 Å². The highest BCUT2D eigenvalue weighted by Crippen LogP contribution is 2.40. The van der Waals surface area contributed by atoms with Gasteiger partial charge in [-0.3, -0.25) is 4.79 Å². The average molecular weight is 483 g/mol. The molecule has 31 heavy (non-hydrogen) atoms. The first-order valence-corrected chi connectivity index (χ1v) is 9.82. The van der Waals surface area contributed by atoms with Crippen molar-refractivity contribution < 1.29 is 58.0 Å². The number of ether oxygens (including phenoxy) is 1. The Balaban J connectivity index is 2.12. The van der Waals surface area contributed by atoms with Gasteiger partial charge >= 0.3 is 27.9 Å². The number of rotatable bonds is 6. The van der Waals surface area contributed by atoms with E-state index < -0.39 is 50.9 Å². The van der Waals surface area contributed by atoms with Gasteiger partial charge in [-0.2, -0.15) is 34.8 Å². The Hall–Kier alpha value is -2.49. The van der Waals surface area contributed by atoms with Crippen LogP contribution in [-0.2, 0) is 14.3 Å². The molecule has 2 heterocycles. The SMILES string of the molecule is O=C(O)N1CCC(COc2coc(C(OS(=O)(=O)C(F)(F)F)C(F)(F)F)cc2=O)CC1. The van der Waals surface area contributed by atoms with Crippen LogP contribution in [0, 0.1) is 5.92 Å². The minimum Gasteiger partial charge on any atom is -0.486 e. The summed E-state index contributed by atoms with van der Waals surface area (Å²) < 4.78 is 111. The topological polar surface area (TPSA) is 123 Å². The minimum atomic E-state index is -6.65. The Morgan fingerprint density at radius 2 is 1.81 bits per heavy atom. The first-order valence-electron chi connectivity index (χ1n) is 8.41. The third-order valence-electron chi connectivity index (χ3n) is 4.24. The molecule has 1 saturated heterocycles. The molecule has 1 fully saturated rings. The molecule has 0 aromatic carbocycles. The number of likely N-dealkylation sites (tertiary alicyclic amines) is 1. The van der Waals surface area contributed by atoms with E-state index in [9.17, 15) is 44.3 Å². The van der Waals surface area contributed by atoms with Crippen molar-refractivity contribution >= 4 is 16.2 Å². The number of piperidine rings is 1. The summed E-state index contributed by atoms with van der Waals surface area (Å²) >= 11 is 0. The van der Waals surface area contributed by atoms with E-state index in [0.717, 1.165) is 0 Å². The lowest BCUT2D eigenvalue weighted by Gasteiger charge is -2.29. The first-order chi connectivity index (χ1) is 14.1. The average Bonchev–Trinajstić information content (AvgIpc) is 2.63. The molecule has 1 amide bonds. The van der Waals surface area contributed by atoms with Crippen LogP contribution in [0.1, 0.15) is 24.7 Å². The van der Waals surface area contributed by atoms with E-state index in [-0.39, 0.29) is 31.7 Å². The minimum absolute atomic E-state index is 0.0980. The summed E-state index contributed by atoms with van der Waals surface area (Å²) in [6.45, 7) is 0.337. The summed E-state index contributed by atoms with van der Waals surface area (Å²) in [6.07, 6.45) is -9.27. The van der Waals surface area contributed by atoms with E-state index in [4.69, 9.17) is 9.84 Å². The zero-order valence-electron chi connectivity index (χ0n) is 15.3. The van der Waals surface area contributed by atoms with Gasteiger partial charge in [0.1, 0.15) is 12.0 Å². The van der Waals surface area contributed by atoms with Crippen LogP contribution in [0.3, 0.4) is 0 Å². The highest BCUT2D eigenvalue weighted by atomic mass is 32.2. The molecule has 1 aliphatic rings. The van der Waals surface area contributed by atoms with Crippen molar-refractivity contribution in [1.82, 2.24) is 4.90 Å². The van der Waals surface area contributed by atoms with Crippen LogP contribution in [-0.4, -0.2) is 55.9 Å². The zero-order chi connectivity index (χ0) is 23.6. The summed E-state index contributed by atoms with van der Waals surface area (Å²) in [4.78, 5) is 24.0. The number of alkyl halides is 6. The predicted molar refractivity (Wildman–Crippen MR) is 87.7 cm³/mol. The van der Waals surface area contributed by atoms with Crippen molar-refractivity contribution in [2.45, 2.75) is 30.6 Å². The van der Waals surface area contributed by atoms with E-state index in [1.165, 1.54) is 4.90 Å². The number of hydrogen-bond donors (Lipinski definition) is 1. The number of halogens is 6. The Morgan fingerprint density at radius 1 is 1.23 bits per heavy atom. The Labute approximate surface area is 170 Å². The molecule has 0 saturated carbocycles.